The molecule has 11 rings (SSSR count). The molecule has 10 aromatic rings. The van der Waals surface area contributed by atoms with Crippen LogP contribution in [0.2, 0.25) is 0 Å². The summed E-state index contributed by atoms with van der Waals surface area (Å²) in [6.45, 7) is 0. The molecule has 1 aromatic heterocycles. The second-order valence-corrected chi connectivity index (χ2v) is 15.9. The van der Waals surface area contributed by atoms with E-state index in [0.29, 0.717) is 0 Å². The van der Waals surface area contributed by atoms with Gasteiger partial charge in [0.25, 0.3) is 0 Å². The van der Waals surface area contributed by atoms with Crippen LogP contribution in [0.5, 0.6) is 0 Å². The van der Waals surface area contributed by atoms with Gasteiger partial charge in [-0.2, -0.15) is 0 Å². The number of hydrogen-bond acceptors (Lipinski definition) is 2. The summed E-state index contributed by atoms with van der Waals surface area (Å²) in [5.74, 6) is 0. The maximum atomic E-state index is 2.41. The smallest absolute Gasteiger partial charge is 0.0727 e. The van der Waals surface area contributed by atoms with Gasteiger partial charge in [0.15, 0.2) is 0 Å². The highest BCUT2D eigenvalue weighted by atomic mass is 32.1. The standard InChI is InChI=1S/C55H37NS/c1-4-16-38(17-5-1)40-30-32-43(33-31-40)56(44-23-14-20-41(36-44)39-18-6-2-7-19-39)45-34-35-53-49(37-45)48-26-15-29-52(54(48)57-53)55(42-21-8-3-9-22-42)50-27-12-10-24-46(50)47-25-11-13-28-51(47)55/h1-37H. The van der Waals surface area contributed by atoms with Crippen LogP contribution in [0.15, 0.2) is 224 Å². The van der Waals surface area contributed by atoms with E-state index >= 15 is 0 Å². The van der Waals surface area contributed by atoms with Gasteiger partial charge in [-0.1, -0.05) is 182 Å². The lowest BCUT2D eigenvalue weighted by Crippen LogP contribution is -2.28. The minimum atomic E-state index is -0.456. The van der Waals surface area contributed by atoms with Crippen LogP contribution in [-0.4, -0.2) is 0 Å². The average molecular weight is 744 g/mol. The fraction of sp³-hybridized carbons (Fsp3) is 0.0182. The van der Waals surface area contributed by atoms with E-state index in [1.807, 2.05) is 11.3 Å². The second kappa shape index (κ2) is 13.6. The Balaban J connectivity index is 1.12. The second-order valence-electron chi connectivity index (χ2n) is 14.8. The van der Waals surface area contributed by atoms with Crippen molar-refractivity contribution >= 4 is 48.6 Å². The van der Waals surface area contributed by atoms with Gasteiger partial charge in [-0.15, -0.1) is 11.3 Å². The Morgan fingerprint density at radius 1 is 0.333 bits per heavy atom. The van der Waals surface area contributed by atoms with Crippen molar-refractivity contribution in [2.24, 2.45) is 0 Å². The van der Waals surface area contributed by atoms with Gasteiger partial charge in [0.05, 0.1) is 5.41 Å². The van der Waals surface area contributed by atoms with E-state index in [4.69, 9.17) is 0 Å². The van der Waals surface area contributed by atoms with Crippen LogP contribution in [0.1, 0.15) is 22.3 Å². The van der Waals surface area contributed by atoms with E-state index in [1.54, 1.807) is 0 Å². The van der Waals surface area contributed by atoms with E-state index in [0.717, 1.165) is 17.1 Å². The summed E-state index contributed by atoms with van der Waals surface area (Å²) in [5, 5.41) is 2.55. The lowest BCUT2D eigenvalue weighted by molar-refractivity contribution is 0.778. The van der Waals surface area contributed by atoms with Gasteiger partial charge in [-0.3, -0.25) is 0 Å². The molecule has 2 heteroatoms. The molecule has 0 saturated carbocycles. The van der Waals surface area contributed by atoms with Crippen molar-refractivity contribution in [2.45, 2.75) is 5.41 Å². The largest absolute Gasteiger partial charge is 0.310 e. The molecule has 0 aliphatic heterocycles. The Bertz CT molecular complexity index is 3010. The molecule has 1 nitrogen and oxygen atoms in total. The molecule has 0 saturated heterocycles. The Morgan fingerprint density at radius 3 is 1.53 bits per heavy atom. The molecule has 1 heterocycles. The van der Waals surface area contributed by atoms with Gasteiger partial charge in [0.2, 0.25) is 0 Å². The molecule has 0 spiro atoms. The summed E-state index contributed by atoms with van der Waals surface area (Å²) in [4.78, 5) is 2.41. The molecule has 1 aliphatic carbocycles. The van der Waals surface area contributed by atoms with Crippen LogP contribution in [0.4, 0.5) is 17.1 Å². The van der Waals surface area contributed by atoms with Gasteiger partial charge in [-0.25, -0.2) is 0 Å². The third-order valence-electron chi connectivity index (χ3n) is 11.7. The maximum Gasteiger partial charge on any atom is 0.0727 e. The van der Waals surface area contributed by atoms with E-state index in [9.17, 15) is 0 Å². The van der Waals surface area contributed by atoms with Gasteiger partial charge >= 0.3 is 0 Å². The normalized spacial score (nSPS) is 12.7. The predicted octanol–water partition coefficient (Wildman–Crippen LogP) is 15.2. The molecular weight excluding hydrogens is 707 g/mol. The van der Waals surface area contributed by atoms with E-state index in [1.165, 1.54) is 75.8 Å². The minimum absolute atomic E-state index is 0.456. The molecular formula is C55H37NS. The molecule has 9 aromatic carbocycles. The van der Waals surface area contributed by atoms with Crippen LogP contribution in [0.3, 0.4) is 0 Å². The third-order valence-corrected chi connectivity index (χ3v) is 13.0. The van der Waals surface area contributed by atoms with Crippen molar-refractivity contribution in [3.63, 3.8) is 0 Å². The van der Waals surface area contributed by atoms with Crippen molar-refractivity contribution in [1.82, 2.24) is 0 Å². The first kappa shape index (κ1) is 33.3. The molecule has 268 valence electrons. The summed E-state index contributed by atoms with van der Waals surface area (Å²) in [6, 6.07) is 82.3. The topological polar surface area (TPSA) is 3.24 Å². The monoisotopic (exact) mass is 743 g/mol. The van der Waals surface area contributed by atoms with E-state index < -0.39 is 5.41 Å². The summed E-state index contributed by atoms with van der Waals surface area (Å²) >= 11 is 1.91. The zero-order valence-corrected chi connectivity index (χ0v) is 32.0. The average Bonchev–Trinajstić information content (AvgIpc) is 3.82. The summed E-state index contributed by atoms with van der Waals surface area (Å²) in [6.07, 6.45) is 0. The Labute approximate surface area is 337 Å². The van der Waals surface area contributed by atoms with Gasteiger partial charge in [0, 0.05) is 37.2 Å². The Kier molecular flexibility index (Phi) is 7.98. The highest BCUT2D eigenvalue weighted by Crippen LogP contribution is 2.58. The molecule has 57 heavy (non-hydrogen) atoms. The number of anilines is 3. The molecule has 0 radical (unpaired) electrons. The number of benzene rings is 9. The Morgan fingerprint density at radius 2 is 0.842 bits per heavy atom. The van der Waals surface area contributed by atoms with Crippen molar-refractivity contribution in [3.8, 4) is 33.4 Å². The molecule has 0 bridgehead atoms. The van der Waals surface area contributed by atoms with Crippen LogP contribution >= 0.6 is 11.3 Å². The molecule has 0 unspecified atom stereocenters. The minimum Gasteiger partial charge on any atom is -0.310 e. The van der Waals surface area contributed by atoms with Crippen LogP contribution in [0.25, 0.3) is 53.6 Å². The molecule has 0 amide bonds. The van der Waals surface area contributed by atoms with E-state index in [-0.39, 0.29) is 0 Å². The van der Waals surface area contributed by atoms with Crippen molar-refractivity contribution in [3.05, 3.63) is 247 Å². The maximum absolute atomic E-state index is 2.41. The number of thiophene rings is 1. The first-order valence-corrected chi connectivity index (χ1v) is 20.4. The zero-order chi connectivity index (χ0) is 37.8. The highest BCUT2D eigenvalue weighted by Gasteiger charge is 2.47. The van der Waals surface area contributed by atoms with Crippen molar-refractivity contribution in [2.75, 3.05) is 4.90 Å². The number of fused-ring (bicyclic) bond motifs is 6. The fourth-order valence-electron chi connectivity index (χ4n) is 9.24. The van der Waals surface area contributed by atoms with E-state index in [2.05, 4.69) is 229 Å². The first-order valence-electron chi connectivity index (χ1n) is 19.6. The number of nitrogens with zero attached hydrogens (tertiary/aromatic N) is 1. The van der Waals surface area contributed by atoms with Gasteiger partial charge < -0.3 is 4.90 Å². The summed E-state index contributed by atoms with van der Waals surface area (Å²) < 4.78 is 2.60. The van der Waals surface area contributed by atoms with Crippen LogP contribution in [0, 0.1) is 0 Å². The lowest BCUT2D eigenvalue weighted by Gasteiger charge is -2.34. The first-order chi connectivity index (χ1) is 28.3. The highest BCUT2D eigenvalue weighted by molar-refractivity contribution is 7.26. The quantitative estimate of drug-likeness (QED) is 0.157. The summed E-state index contributed by atoms with van der Waals surface area (Å²) in [5.41, 5.74) is 15.6. The predicted molar refractivity (Wildman–Crippen MR) is 242 cm³/mol. The van der Waals surface area contributed by atoms with Crippen molar-refractivity contribution < 1.29 is 0 Å². The van der Waals surface area contributed by atoms with Crippen molar-refractivity contribution in [1.29, 1.82) is 0 Å². The SMILES string of the molecule is c1ccc(-c2ccc(N(c3cccc(-c4ccccc4)c3)c3ccc4sc5c(C6(c7ccccc7)c7ccccc7-c7ccccc76)cccc5c4c3)cc2)cc1. The molecule has 0 N–H and O–H groups in total. The van der Waals surface area contributed by atoms with Crippen LogP contribution < -0.4 is 4.90 Å². The number of rotatable bonds is 7. The summed E-state index contributed by atoms with van der Waals surface area (Å²) in [7, 11) is 0. The van der Waals surface area contributed by atoms with Gasteiger partial charge in [-0.05, 0) is 98.1 Å². The van der Waals surface area contributed by atoms with Crippen LogP contribution in [-0.2, 0) is 5.41 Å². The third kappa shape index (κ3) is 5.37. The zero-order valence-electron chi connectivity index (χ0n) is 31.2. The molecule has 0 fully saturated rings. The van der Waals surface area contributed by atoms with Gasteiger partial charge in [0.1, 0.15) is 0 Å². The lowest BCUT2D eigenvalue weighted by atomic mass is 9.67. The molecule has 1 aliphatic rings. The number of hydrogen-bond donors (Lipinski definition) is 0. The molecule has 0 atom stereocenters. The Hall–Kier alpha value is -7.00. The fourth-order valence-corrected chi connectivity index (χ4v) is 10.5.